The van der Waals surface area contributed by atoms with Gasteiger partial charge in [-0.3, -0.25) is 4.79 Å². The van der Waals surface area contributed by atoms with Gasteiger partial charge in [0.25, 0.3) is 0 Å². The van der Waals surface area contributed by atoms with Crippen LogP contribution in [0.3, 0.4) is 0 Å². The van der Waals surface area contributed by atoms with Crippen LogP contribution in [0.4, 0.5) is 0 Å². The van der Waals surface area contributed by atoms with Crippen molar-refractivity contribution < 1.29 is 38.1 Å². The highest BCUT2D eigenvalue weighted by Gasteiger charge is 2.30. The number of aliphatic hydroxyl groups is 1. The van der Waals surface area contributed by atoms with Gasteiger partial charge < -0.3 is 33.3 Å². The van der Waals surface area contributed by atoms with E-state index in [2.05, 4.69) is 17.0 Å². The summed E-state index contributed by atoms with van der Waals surface area (Å²) in [4.78, 5) is 17.8. The van der Waals surface area contributed by atoms with E-state index in [9.17, 15) is 9.90 Å². The van der Waals surface area contributed by atoms with Crippen molar-refractivity contribution >= 4 is 11.7 Å². The van der Waals surface area contributed by atoms with Crippen LogP contribution in [0.15, 0.2) is 94.7 Å². The van der Waals surface area contributed by atoms with Crippen molar-refractivity contribution in [2.45, 2.75) is 57.7 Å². The number of hydrogen-bond acceptors (Lipinski definition) is 9. The number of carbonyl (C=O) groups is 1. The molecule has 9 nitrogen and oxygen atoms in total. The molecule has 2 aromatic carbocycles. The molecule has 4 atom stereocenters. The molecular weight excluding hydrogens is 550 g/mol. The van der Waals surface area contributed by atoms with Crippen molar-refractivity contribution in [3.05, 3.63) is 102 Å². The van der Waals surface area contributed by atoms with E-state index in [4.69, 9.17) is 28.2 Å². The van der Waals surface area contributed by atoms with Crippen LogP contribution in [0.1, 0.15) is 36.7 Å². The summed E-state index contributed by atoms with van der Waals surface area (Å²) < 4.78 is 28.4. The van der Waals surface area contributed by atoms with Crippen LogP contribution in [0.2, 0.25) is 0 Å². The summed E-state index contributed by atoms with van der Waals surface area (Å²) in [5.74, 6) is 7.19. The van der Waals surface area contributed by atoms with Crippen LogP contribution in [-0.4, -0.2) is 61.0 Å². The van der Waals surface area contributed by atoms with Gasteiger partial charge in [-0.1, -0.05) is 52.9 Å². The quantitative estimate of drug-likeness (QED) is 0.0923. The Morgan fingerprint density at radius 3 is 2.60 bits per heavy atom. The summed E-state index contributed by atoms with van der Waals surface area (Å²) in [5.41, 5.74) is 2.60. The van der Waals surface area contributed by atoms with Gasteiger partial charge in [0.15, 0.2) is 0 Å². The lowest BCUT2D eigenvalue weighted by Gasteiger charge is -2.30. The number of furan rings is 1. The van der Waals surface area contributed by atoms with Gasteiger partial charge >= 0.3 is 5.97 Å². The maximum absolute atomic E-state index is 12.6. The van der Waals surface area contributed by atoms with Crippen molar-refractivity contribution in [3.63, 3.8) is 0 Å². The minimum atomic E-state index is -0.850. The lowest BCUT2D eigenvalue weighted by molar-refractivity contribution is -0.151. The van der Waals surface area contributed by atoms with Gasteiger partial charge in [-0.25, -0.2) is 0 Å². The van der Waals surface area contributed by atoms with Gasteiger partial charge in [0.05, 0.1) is 25.0 Å². The molecular formula is C34H37NO8. The largest absolute Gasteiger partial charge is 0.483 e. The predicted octanol–water partition coefficient (Wildman–Crippen LogP) is 5.00. The van der Waals surface area contributed by atoms with Crippen LogP contribution in [0, 0.1) is 18.8 Å². The zero-order valence-corrected chi connectivity index (χ0v) is 24.4. The molecule has 1 aliphatic heterocycles. The lowest BCUT2D eigenvalue weighted by atomic mass is 10.1. The van der Waals surface area contributed by atoms with Crippen LogP contribution in [0.5, 0.6) is 5.75 Å². The Bertz CT molecular complexity index is 1370. The second-order valence-electron chi connectivity index (χ2n) is 10.1. The zero-order valence-electron chi connectivity index (χ0n) is 24.4. The molecule has 2 heterocycles. The highest BCUT2D eigenvalue weighted by atomic mass is 16.6. The molecule has 0 radical (unpaired) electrons. The molecule has 0 spiro atoms. The molecule has 3 aromatic rings. The number of oxime groups is 1. The number of aryl methyl sites for hydroxylation is 1. The highest BCUT2D eigenvalue weighted by Crippen LogP contribution is 2.21. The van der Waals surface area contributed by atoms with Crippen molar-refractivity contribution in [3.8, 4) is 17.6 Å². The van der Waals surface area contributed by atoms with E-state index in [-0.39, 0.29) is 32.8 Å². The molecule has 1 N–H and O–H groups in total. The average molecular weight is 588 g/mol. The Hall–Kier alpha value is -4.36. The molecule has 9 heteroatoms. The van der Waals surface area contributed by atoms with Gasteiger partial charge in [-0.15, -0.1) is 0 Å². The molecule has 0 unspecified atom stereocenters. The number of rotatable bonds is 14. The maximum atomic E-state index is 12.6. The monoisotopic (exact) mass is 587 g/mol. The molecule has 0 saturated heterocycles. The van der Waals surface area contributed by atoms with Gasteiger partial charge in [-0.2, -0.15) is 0 Å². The van der Waals surface area contributed by atoms with E-state index in [0.29, 0.717) is 23.6 Å². The minimum absolute atomic E-state index is 0.000106. The van der Waals surface area contributed by atoms with Gasteiger partial charge in [0.1, 0.15) is 55.7 Å². The third-order valence-corrected chi connectivity index (χ3v) is 6.31. The Morgan fingerprint density at radius 1 is 1.02 bits per heavy atom. The maximum Gasteiger partial charge on any atom is 0.306 e. The molecule has 43 heavy (non-hydrogen) atoms. The molecule has 0 aliphatic carbocycles. The smallest absolute Gasteiger partial charge is 0.306 e. The molecule has 0 amide bonds. The number of ether oxygens (including phenoxy) is 4. The van der Waals surface area contributed by atoms with Crippen molar-refractivity contribution in [1.29, 1.82) is 0 Å². The third-order valence-electron chi connectivity index (χ3n) is 6.31. The first-order valence-electron chi connectivity index (χ1n) is 14.2. The van der Waals surface area contributed by atoms with Gasteiger partial charge in [0.2, 0.25) is 0 Å². The van der Waals surface area contributed by atoms with Crippen molar-refractivity contribution in [2.24, 2.45) is 5.16 Å². The number of nitrogens with zero attached hydrogens (tertiary/aromatic N) is 1. The second kappa shape index (κ2) is 16.9. The first-order valence-corrected chi connectivity index (χ1v) is 14.2. The zero-order chi connectivity index (χ0) is 30.3. The Labute approximate surface area is 252 Å². The molecule has 1 aromatic heterocycles. The van der Waals surface area contributed by atoms with E-state index in [1.165, 1.54) is 0 Å². The number of hydrogen-bond donors (Lipinski definition) is 1. The summed E-state index contributed by atoms with van der Waals surface area (Å²) in [6, 6.07) is 20.9. The number of benzene rings is 2. The topological polar surface area (TPSA) is 109 Å². The Balaban J connectivity index is 1.22. The molecule has 226 valence electrons. The fourth-order valence-corrected chi connectivity index (χ4v) is 3.97. The van der Waals surface area contributed by atoms with E-state index < -0.39 is 30.4 Å². The van der Waals surface area contributed by atoms with Crippen LogP contribution < -0.4 is 4.74 Å². The fourth-order valence-electron chi connectivity index (χ4n) is 3.97. The predicted molar refractivity (Wildman–Crippen MR) is 160 cm³/mol. The first kappa shape index (κ1) is 31.6. The molecule has 4 rings (SSSR count). The van der Waals surface area contributed by atoms with E-state index in [1.54, 1.807) is 25.3 Å². The average Bonchev–Trinajstić information content (AvgIpc) is 3.54. The summed E-state index contributed by atoms with van der Waals surface area (Å²) in [7, 11) is 0. The first-order chi connectivity index (χ1) is 20.9. The second-order valence-corrected chi connectivity index (χ2v) is 10.1. The number of esters is 1. The summed E-state index contributed by atoms with van der Waals surface area (Å²) in [6.45, 7) is 4.05. The molecule has 0 saturated carbocycles. The summed E-state index contributed by atoms with van der Waals surface area (Å²) >= 11 is 0. The standard InChI is InChI=1S/C34H37NO8/c1-25-10-14-29(15-11-25)42-32-18-17-30(16-13-27-7-4-3-5-8-27)43-33(32)24-40-34(37)19-12-26(2)35-41-22-28(36)21-38-23-31-9-6-20-39-31/h3-11,14-15,17-18,20,28,30,32-33,36H,12,19,21-24H2,1-2H3/b35-26+/t28-,30+,32-,33+/m0/s1. The third kappa shape index (κ3) is 11.4. The molecule has 1 aliphatic rings. The van der Waals surface area contributed by atoms with Crippen molar-refractivity contribution in [2.75, 3.05) is 19.8 Å². The van der Waals surface area contributed by atoms with E-state index >= 15 is 0 Å². The molecule has 0 fully saturated rings. The van der Waals surface area contributed by atoms with E-state index in [1.807, 2.05) is 73.7 Å². The normalized spacial score (nSPS) is 18.8. The number of aliphatic hydroxyl groups excluding tert-OH is 1. The lowest BCUT2D eigenvalue weighted by Crippen LogP contribution is -2.42. The fraction of sp³-hybridized carbons (Fsp3) is 0.353. The van der Waals surface area contributed by atoms with Crippen molar-refractivity contribution in [1.82, 2.24) is 0 Å². The Morgan fingerprint density at radius 2 is 1.84 bits per heavy atom. The van der Waals surface area contributed by atoms with E-state index in [0.717, 1.165) is 11.1 Å². The van der Waals surface area contributed by atoms with Gasteiger partial charge in [-0.05, 0) is 68.8 Å². The minimum Gasteiger partial charge on any atom is -0.483 e. The van der Waals surface area contributed by atoms with Crippen LogP contribution in [-0.2, 0) is 30.4 Å². The molecule has 0 bridgehead atoms. The summed E-state index contributed by atoms with van der Waals surface area (Å²) in [5, 5.41) is 14.0. The van der Waals surface area contributed by atoms with Crippen LogP contribution >= 0.6 is 0 Å². The number of carbonyl (C=O) groups excluding carboxylic acids is 1. The summed E-state index contributed by atoms with van der Waals surface area (Å²) in [6.07, 6.45) is 3.42. The Kier molecular flexibility index (Phi) is 12.4. The highest BCUT2D eigenvalue weighted by molar-refractivity contribution is 5.85. The van der Waals surface area contributed by atoms with Gasteiger partial charge in [0, 0.05) is 5.56 Å². The van der Waals surface area contributed by atoms with Crippen LogP contribution in [0.25, 0.3) is 0 Å². The SMILES string of the molecule is C/C(CCC(=O)OC[C@H]1O[C@H](C#Cc2ccccc2)C=C[C@@H]1Oc1ccc(C)cc1)=N\OC[C@@H](O)COCc1ccco1.